The number of nitrogens with zero attached hydrogens (tertiary/aromatic N) is 2. The number of aromatic nitrogens is 2. The first-order valence-electron chi connectivity index (χ1n) is 9.83. The Balaban J connectivity index is 1.78. The van der Waals surface area contributed by atoms with Crippen LogP contribution in [0.3, 0.4) is 0 Å². The molecular weight excluding hydrogens is 464 g/mol. The number of rotatable bonds is 5. The molecule has 2 aromatic heterocycles. The van der Waals surface area contributed by atoms with Crippen molar-refractivity contribution in [2.45, 2.75) is 4.90 Å². The van der Waals surface area contributed by atoms with Gasteiger partial charge < -0.3 is 9.84 Å². The lowest BCUT2D eigenvalue weighted by Gasteiger charge is -2.13. The van der Waals surface area contributed by atoms with Crippen molar-refractivity contribution in [1.29, 1.82) is 0 Å². The topological polar surface area (TPSA) is 101 Å². The molecule has 0 aliphatic heterocycles. The van der Waals surface area contributed by atoms with Crippen molar-refractivity contribution < 1.29 is 27.0 Å². The van der Waals surface area contributed by atoms with Crippen molar-refractivity contribution in [3.63, 3.8) is 0 Å². The zero-order chi connectivity index (χ0) is 24.3. The highest BCUT2D eigenvalue weighted by Gasteiger charge is 2.22. The Labute approximate surface area is 194 Å². The number of aliphatic hydroxyl groups is 1. The van der Waals surface area contributed by atoms with Crippen LogP contribution in [0.15, 0.2) is 65.8 Å². The summed E-state index contributed by atoms with van der Waals surface area (Å²) in [6, 6.07) is 10.7. The minimum absolute atomic E-state index is 0.0321. The van der Waals surface area contributed by atoms with Crippen LogP contribution in [0.5, 0.6) is 5.88 Å². The molecule has 2 heterocycles. The van der Waals surface area contributed by atoms with E-state index in [-0.39, 0.29) is 18.2 Å². The third-order valence-corrected chi connectivity index (χ3v) is 6.25. The molecule has 4 aromatic rings. The molecule has 7 nitrogen and oxygen atoms in total. The molecule has 0 unspecified atom stereocenters. The third kappa shape index (κ3) is 4.66. The fourth-order valence-electron chi connectivity index (χ4n) is 3.31. The van der Waals surface area contributed by atoms with E-state index in [1.54, 1.807) is 24.4 Å². The van der Waals surface area contributed by atoms with E-state index in [1.165, 1.54) is 19.4 Å². The van der Waals surface area contributed by atoms with Gasteiger partial charge in [-0.3, -0.25) is 9.71 Å². The first kappa shape index (κ1) is 23.1. The van der Waals surface area contributed by atoms with Crippen molar-refractivity contribution in [1.82, 2.24) is 9.97 Å². The Kier molecular flexibility index (Phi) is 6.40. The molecule has 0 amide bonds. The number of halogens is 2. The number of ether oxygens (including phenoxy) is 1. The number of aliphatic hydroxyl groups excluding tert-OH is 1. The molecule has 0 aliphatic rings. The van der Waals surface area contributed by atoms with Crippen LogP contribution in [0, 0.1) is 23.5 Å². The summed E-state index contributed by atoms with van der Waals surface area (Å²) in [4.78, 5) is 7.75. The first-order chi connectivity index (χ1) is 16.3. The minimum Gasteiger partial charge on any atom is -0.480 e. The second-order valence-electron chi connectivity index (χ2n) is 7.01. The highest BCUT2D eigenvalue weighted by Crippen LogP contribution is 2.32. The van der Waals surface area contributed by atoms with Crippen LogP contribution < -0.4 is 9.46 Å². The number of nitrogens with one attached hydrogen (secondary N) is 1. The summed E-state index contributed by atoms with van der Waals surface area (Å²) in [6.07, 6.45) is 3.10. The largest absolute Gasteiger partial charge is 0.480 e. The maximum atomic E-state index is 14.1. The summed E-state index contributed by atoms with van der Waals surface area (Å²) < 4.78 is 60.3. The van der Waals surface area contributed by atoms with E-state index in [2.05, 4.69) is 26.5 Å². The fourth-order valence-corrected chi connectivity index (χ4v) is 4.42. The number of pyridine rings is 2. The van der Waals surface area contributed by atoms with Gasteiger partial charge in [0.05, 0.1) is 12.6 Å². The molecule has 0 fully saturated rings. The van der Waals surface area contributed by atoms with E-state index in [9.17, 15) is 17.2 Å². The molecule has 0 saturated heterocycles. The second-order valence-corrected chi connectivity index (χ2v) is 8.66. The van der Waals surface area contributed by atoms with Gasteiger partial charge in [-0.1, -0.05) is 17.9 Å². The first-order valence-corrected chi connectivity index (χ1v) is 11.3. The van der Waals surface area contributed by atoms with E-state index in [0.29, 0.717) is 28.3 Å². The smallest absolute Gasteiger partial charge is 0.264 e. The molecule has 0 spiro atoms. The van der Waals surface area contributed by atoms with Crippen molar-refractivity contribution in [2.24, 2.45) is 0 Å². The van der Waals surface area contributed by atoms with Crippen molar-refractivity contribution in [3.8, 4) is 28.8 Å². The van der Waals surface area contributed by atoms with Crippen LogP contribution in [0.1, 0.15) is 5.56 Å². The number of hydrogen-bond acceptors (Lipinski definition) is 6. The number of anilines is 1. The molecule has 0 aliphatic carbocycles. The number of sulfonamides is 1. The summed E-state index contributed by atoms with van der Waals surface area (Å²) in [6.45, 7) is -0.288. The van der Waals surface area contributed by atoms with E-state index in [1.807, 2.05) is 6.07 Å². The molecule has 2 aromatic carbocycles. The molecule has 0 saturated carbocycles. The lowest BCUT2D eigenvalue weighted by molar-refractivity contribution is 0.350. The van der Waals surface area contributed by atoms with E-state index < -0.39 is 26.6 Å². The van der Waals surface area contributed by atoms with Crippen molar-refractivity contribution in [2.75, 3.05) is 18.4 Å². The van der Waals surface area contributed by atoms with E-state index in [0.717, 1.165) is 17.5 Å². The monoisotopic (exact) mass is 481 g/mol. The predicted octanol–water partition coefficient (Wildman–Crippen LogP) is 3.73. The van der Waals surface area contributed by atoms with Crippen LogP contribution in [-0.4, -0.2) is 37.2 Å². The average Bonchev–Trinajstić information content (AvgIpc) is 2.81. The van der Waals surface area contributed by atoms with Gasteiger partial charge in [0.2, 0.25) is 5.88 Å². The lowest BCUT2D eigenvalue weighted by Crippen LogP contribution is -2.15. The van der Waals surface area contributed by atoms with Crippen LogP contribution in [-0.2, 0) is 10.0 Å². The van der Waals surface area contributed by atoms with Gasteiger partial charge in [0.15, 0.2) is 0 Å². The van der Waals surface area contributed by atoms with Gasteiger partial charge in [-0.2, -0.15) is 0 Å². The summed E-state index contributed by atoms with van der Waals surface area (Å²) in [5.74, 6) is 3.32. The summed E-state index contributed by atoms with van der Waals surface area (Å²) in [5, 5.41) is 9.74. The van der Waals surface area contributed by atoms with E-state index in [4.69, 9.17) is 9.84 Å². The Morgan fingerprint density at radius 3 is 2.62 bits per heavy atom. The zero-order valence-electron chi connectivity index (χ0n) is 17.7. The number of methoxy groups -OCH3 is 1. The fraction of sp³-hybridized carbons (Fsp3) is 0.0833. The van der Waals surface area contributed by atoms with Gasteiger partial charge in [-0.05, 0) is 42.0 Å². The standard InChI is InChI=1S/C24H17F2N3O4S/c1-33-24-22(29-34(31,32)23-7-5-18(25)13-20(23)26)12-17(14-28-24)16-4-6-21-19(11-16)15(3-2-10-30)8-9-27-21/h4-9,11-14,29-30H,10H2,1H3. The summed E-state index contributed by atoms with van der Waals surface area (Å²) in [5.41, 5.74) is 2.52. The SMILES string of the molecule is COc1ncc(-c2ccc3nccc(C#CCO)c3c2)cc1NS(=O)(=O)c1ccc(F)cc1F. The highest BCUT2D eigenvalue weighted by atomic mass is 32.2. The lowest BCUT2D eigenvalue weighted by atomic mass is 10.0. The van der Waals surface area contributed by atoms with Gasteiger partial charge in [0.1, 0.15) is 28.8 Å². The molecule has 172 valence electrons. The van der Waals surface area contributed by atoms with Gasteiger partial charge in [0, 0.05) is 35.0 Å². The highest BCUT2D eigenvalue weighted by molar-refractivity contribution is 7.92. The quantitative estimate of drug-likeness (QED) is 0.422. The average molecular weight is 481 g/mol. The minimum atomic E-state index is -4.41. The Morgan fingerprint density at radius 1 is 1.06 bits per heavy atom. The molecule has 0 bridgehead atoms. The van der Waals surface area contributed by atoms with Crippen LogP contribution in [0.2, 0.25) is 0 Å². The number of fused-ring (bicyclic) bond motifs is 1. The molecular formula is C24H17F2N3O4S. The third-order valence-electron chi connectivity index (χ3n) is 4.85. The summed E-state index contributed by atoms with van der Waals surface area (Å²) in [7, 11) is -3.10. The van der Waals surface area contributed by atoms with Crippen LogP contribution >= 0.6 is 0 Å². The second kappa shape index (κ2) is 9.43. The molecule has 34 heavy (non-hydrogen) atoms. The maximum Gasteiger partial charge on any atom is 0.264 e. The number of benzene rings is 2. The summed E-state index contributed by atoms with van der Waals surface area (Å²) >= 11 is 0. The van der Waals surface area contributed by atoms with Crippen molar-refractivity contribution in [3.05, 3.63) is 78.1 Å². The van der Waals surface area contributed by atoms with Gasteiger partial charge >= 0.3 is 0 Å². The van der Waals surface area contributed by atoms with Gasteiger partial charge in [-0.15, -0.1) is 0 Å². The molecule has 10 heteroatoms. The van der Waals surface area contributed by atoms with Crippen LogP contribution in [0.25, 0.3) is 22.0 Å². The Bertz CT molecular complexity index is 1560. The molecule has 0 atom stereocenters. The van der Waals surface area contributed by atoms with Crippen molar-refractivity contribution >= 4 is 26.6 Å². The molecule has 4 rings (SSSR count). The van der Waals surface area contributed by atoms with Crippen LogP contribution in [0.4, 0.5) is 14.5 Å². The zero-order valence-corrected chi connectivity index (χ0v) is 18.5. The van der Waals surface area contributed by atoms with E-state index >= 15 is 0 Å². The van der Waals surface area contributed by atoms with Gasteiger partial charge in [-0.25, -0.2) is 22.2 Å². The predicted molar refractivity (Wildman–Crippen MR) is 123 cm³/mol. The van der Waals surface area contributed by atoms with Gasteiger partial charge in [0.25, 0.3) is 10.0 Å². The Hall–Kier alpha value is -4.07. The molecule has 2 N–H and O–H groups in total. The Morgan fingerprint density at radius 2 is 1.88 bits per heavy atom. The number of hydrogen-bond donors (Lipinski definition) is 2. The maximum absolute atomic E-state index is 14.1. The normalized spacial score (nSPS) is 11.1. The molecule has 0 radical (unpaired) electrons.